The topological polar surface area (TPSA) is 38.3 Å². The van der Waals surface area contributed by atoms with Crippen LogP contribution in [0.3, 0.4) is 0 Å². The Labute approximate surface area is 132 Å². The average Bonchev–Trinajstić information content (AvgIpc) is 2.52. The molecule has 3 nitrogen and oxygen atoms in total. The predicted molar refractivity (Wildman–Crippen MR) is 89.4 cm³/mol. The van der Waals surface area contributed by atoms with Crippen LogP contribution in [0.15, 0.2) is 42.5 Å². The summed E-state index contributed by atoms with van der Waals surface area (Å²) in [5.74, 6) is 0.791. The molecule has 1 amide bonds. The van der Waals surface area contributed by atoms with Crippen LogP contribution >= 0.6 is 0 Å². The molecule has 0 heterocycles. The number of benzene rings is 2. The standard InChI is InChI=1S/C19H23NO2/c1-5-18(15-7-9-16(22-4)10-8-15)20-19(21)17-11-6-13(2)12-14(17)3/h6-12,18H,5H2,1-4H3,(H,20,21)/t18-/m0/s1. The van der Waals surface area contributed by atoms with Crippen LogP contribution in [0.1, 0.15) is 46.4 Å². The molecule has 2 aromatic rings. The summed E-state index contributed by atoms with van der Waals surface area (Å²) in [5, 5.41) is 3.12. The molecule has 0 spiro atoms. The monoisotopic (exact) mass is 297 g/mol. The summed E-state index contributed by atoms with van der Waals surface area (Å²) in [6, 6.07) is 13.7. The Bertz CT molecular complexity index is 647. The van der Waals surface area contributed by atoms with Gasteiger partial charge in [0, 0.05) is 5.56 Å². The van der Waals surface area contributed by atoms with Crippen molar-refractivity contribution in [1.29, 1.82) is 0 Å². The summed E-state index contributed by atoms with van der Waals surface area (Å²) in [5.41, 5.74) is 3.98. The minimum atomic E-state index is -0.0276. The Kier molecular flexibility index (Phi) is 5.21. The summed E-state index contributed by atoms with van der Waals surface area (Å²) in [4.78, 5) is 12.5. The van der Waals surface area contributed by atoms with E-state index in [1.165, 1.54) is 0 Å². The van der Waals surface area contributed by atoms with Gasteiger partial charge in [0.1, 0.15) is 5.75 Å². The third-order valence-electron chi connectivity index (χ3n) is 3.86. The fourth-order valence-corrected chi connectivity index (χ4v) is 2.56. The van der Waals surface area contributed by atoms with Crippen molar-refractivity contribution in [3.05, 3.63) is 64.7 Å². The van der Waals surface area contributed by atoms with E-state index in [-0.39, 0.29) is 11.9 Å². The van der Waals surface area contributed by atoms with E-state index in [9.17, 15) is 4.79 Å². The van der Waals surface area contributed by atoms with Crippen molar-refractivity contribution in [3.8, 4) is 5.75 Å². The first kappa shape index (κ1) is 16.1. The Morgan fingerprint density at radius 3 is 2.36 bits per heavy atom. The highest BCUT2D eigenvalue weighted by Gasteiger charge is 2.15. The van der Waals surface area contributed by atoms with Crippen molar-refractivity contribution in [2.45, 2.75) is 33.2 Å². The Morgan fingerprint density at radius 1 is 1.14 bits per heavy atom. The quantitative estimate of drug-likeness (QED) is 0.898. The molecule has 2 rings (SSSR count). The van der Waals surface area contributed by atoms with Crippen LogP contribution in [0.2, 0.25) is 0 Å². The molecule has 0 aliphatic rings. The van der Waals surface area contributed by atoms with Crippen LogP contribution in [-0.4, -0.2) is 13.0 Å². The SMILES string of the molecule is CC[C@H](NC(=O)c1ccc(C)cc1C)c1ccc(OC)cc1. The maximum Gasteiger partial charge on any atom is 0.252 e. The number of carbonyl (C=O) groups is 1. The molecule has 2 aromatic carbocycles. The predicted octanol–water partition coefficient (Wildman–Crippen LogP) is 4.19. The van der Waals surface area contributed by atoms with Crippen molar-refractivity contribution in [1.82, 2.24) is 5.32 Å². The highest BCUT2D eigenvalue weighted by atomic mass is 16.5. The van der Waals surface area contributed by atoms with Crippen LogP contribution in [0.4, 0.5) is 0 Å². The molecule has 3 heteroatoms. The van der Waals surface area contributed by atoms with E-state index >= 15 is 0 Å². The normalized spacial score (nSPS) is 11.8. The molecule has 0 fully saturated rings. The number of ether oxygens (including phenoxy) is 1. The van der Waals surface area contributed by atoms with Crippen LogP contribution in [-0.2, 0) is 0 Å². The van der Waals surface area contributed by atoms with E-state index in [1.807, 2.05) is 56.3 Å². The molecule has 0 saturated carbocycles. The largest absolute Gasteiger partial charge is 0.497 e. The lowest BCUT2D eigenvalue weighted by Crippen LogP contribution is -2.28. The third-order valence-corrected chi connectivity index (χ3v) is 3.86. The first-order chi connectivity index (χ1) is 10.5. The van der Waals surface area contributed by atoms with Gasteiger partial charge in [0.25, 0.3) is 5.91 Å². The van der Waals surface area contributed by atoms with E-state index in [0.29, 0.717) is 0 Å². The minimum Gasteiger partial charge on any atom is -0.497 e. The second-order valence-electron chi connectivity index (χ2n) is 5.53. The number of hydrogen-bond donors (Lipinski definition) is 1. The summed E-state index contributed by atoms with van der Waals surface area (Å²) in [6.45, 7) is 6.06. The summed E-state index contributed by atoms with van der Waals surface area (Å²) in [6.07, 6.45) is 0.836. The number of carbonyl (C=O) groups excluding carboxylic acids is 1. The van der Waals surface area contributed by atoms with Crippen molar-refractivity contribution in [2.24, 2.45) is 0 Å². The van der Waals surface area contributed by atoms with Gasteiger partial charge < -0.3 is 10.1 Å². The van der Waals surface area contributed by atoms with Gasteiger partial charge in [-0.25, -0.2) is 0 Å². The molecule has 1 N–H and O–H groups in total. The van der Waals surface area contributed by atoms with Crippen LogP contribution in [0.25, 0.3) is 0 Å². The summed E-state index contributed by atoms with van der Waals surface area (Å²) in [7, 11) is 1.65. The molecule has 0 unspecified atom stereocenters. The molecule has 0 radical (unpaired) electrons. The first-order valence-corrected chi connectivity index (χ1v) is 7.57. The third kappa shape index (κ3) is 3.67. The molecule has 0 aliphatic heterocycles. The maximum absolute atomic E-state index is 12.5. The zero-order valence-corrected chi connectivity index (χ0v) is 13.6. The van der Waals surface area contributed by atoms with Crippen LogP contribution in [0.5, 0.6) is 5.75 Å². The minimum absolute atomic E-state index is 0.000825. The Balaban J connectivity index is 2.16. The highest BCUT2D eigenvalue weighted by molar-refractivity contribution is 5.95. The lowest BCUT2D eigenvalue weighted by molar-refractivity contribution is 0.0935. The van der Waals surface area contributed by atoms with Gasteiger partial charge in [-0.3, -0.25) is 4.79 Å². The zero-order valence-electron chi connectivity index (χ0n) is 13.6. The van der Waals surface area contributed by atoms with E-state index in [2.05, 4.69) is 12.2 Å². The summed E-state index contributed by atoms with van der Waals surface area (Å²) >= 11 is 0. The van der Waals surface area contributed by atoms with Crippen molar-refractivity contribution < 1.29 is 9.53 Å². The molecular weight excluding hydrogens is 274 g/mol. The molecule has 0 aromatic heterocycles. The molecule has 0 saturated heterocycles. The zero-order chi connectivity index (χ0) is 16.1. The van der Waals surface area contributed by atoms with Gasteiger partial charge >= 0.3 is 0 Å². The van der Waals surface area contributed by atoms with E-state index in [1.54, 1.807) is 7.11 Å². The van der Waals surface area contributed by atoms with E-state index in [0.717, 1.165) is 34.4 Å². The molecule has 22 heavy (non-hydrogen) atoms. The average molecular weight is 297 g/mol. The Morgan fingerprint density at radius 2 is 1.82 bits per heavy atom. The molecule has 0 bridgehead atoms. The molecule has 116 valence electrons. The number of aryl methyl sites for hydroxylation is 2. The van der Waals surface area contributed by atoms with Gasteiger partial charge in [-0.05, 0) is 49.6 Å². The van der Waals surface area contributed by atoms with Gasteiger partial charge in [-0.15, -0.1) is 0 Å². The van der Waals surface area contributed by atoms with E-state index in [4.69, 9.17) is 4.74 Å². The number of nitrogens with one attached hydrogen (secondary N) is 1. The van der Waals surface area contributed by atoms with Gasteiger partial charge in [0.05, 0.1) is 13.2 Å². The van der Waals surface area contributed by atoms with Crippen molar-refractivity contribution in [2.75, 3.05) is 7.11 Å². The highest BCUT2D eigenvalue weighted by Crippen LogP contribution is 2.21. The lowest BCUT2D eigenvalue weighted by Gasteiger charge is -2.18. The van der Waals surface area contributed by atoms with Gasteiger partial charge in [-0.2, -0.15) is 0 Å². The van der Waals surface area contributed by atoms with Crippen molar-refractivity contribution in [3.63, 3.8) is 0 Å². The van der Waals surface area contributed by atoms with Crippen LogP contribution < -0.4 is 10.1 Å². The number of amides is 1. The fraction of sp³-hybridized carbons (Fsp3) is 0.316. The first-order valence-electron chi connectivity index (χ1n) is 7.57. The number of methoxy groups -OCH3 is 1. The maximum atomic E-state index is 12.5. The number of hydrogen-bond acceptors (Lipinski definition) is 2. The van der Waals surface area contributed by atoms with Gasteiger partial charge in [-0.1, -0.05) is 36.8 Å². The summed E-state index contributed by atoms with van der Waals surface area (Å²) < 4.78 is 5.17. The molecule has 0 aliphatic carbocycles. The van der Waals surface area contributed by atoms with Gasteiger partial charge in [0.15, 0.2) is 0 Å². The number of rotatable bonds is 5. The van der Waals surface area contributed by atoms with Crippen LogP contribution in [0, 0.1) is 13.8 Å². The second kappa shape index (κ2) is 7.12. The molecular formula is C19H23NO2. The lowest BCUT2D eigenvalue weighted by atomic mass is 10.0. The smallest absolute Gasteiger partial charge is 0.252 e. The van der Waals surface area contributed by atoms with Gasteiger partial charge in [0.2, 0.25) is 0 Å². The van der Waals surface area contributed by atoms with E-state index < -0.39 is 0 Å². The molecule has 1 atom stereocenters. The fourth-order valence-electron chi connectivity index (χ4n) is 2.56. The van der Waals surface area contributed by atoms with Crippen molar-refractivity contribution >= 4 is 5.91 Å². The Hall–Kier alpha value is -2.29. The second-order valence-corrected chi connectivity index (χ2v) is 5.53.